The minimum atomic E-state index is -2.62. The molecule has 1 heterocycles. The maximum atomic E-state index is 11.8. The van der Waals surface area contributed by atoms with Gasteiger partial charge in [0, 0.05) is 6.07 Å². The lowest BCUT2D eigenvalue weighted by Gasteiger charge is -1.85. The van der Waals surface area contributed by atoms with E-state index in [1.165, 1.54) is 0 Å². The highest BCUT2D eigenvalue weighted by molar-refractivity contribution is 5.11. The van der Waals surface area contributed by atoms with Crippen molar-refractivity contribution in [2.75, 3.05) is 0 Å². The molecule has 1 aromatic heterocycles. The molecular formula is C7H5F2NO. The van der Waals surface area contributed by atoms with Gasteiger partial charge in [-0.2, -0.15) is 0 Å². The van der Waals surface area contributed by atoms with Crippen molar-refractivity contribution in [2.24, 2.45) is 0 Å². The summed E-state index contributed by atoms with van der Waals surface area (Å²) in [4.78, 5) is 0. The normalized spacial score (nSPS) is 10.0. The van der Waals surface area contributed by atoms with E-state index in [-0.39, 0.29) is 6.42 Å². The number of halogens is 2. The van der Waals surface area contributed by atoms with Crippen LogP contribution in [0.2, 0.25) is 0 Å². The molecule has 0 aliphatic carbocycles. The molecule has 2 nitrogen and oxygen atoms in total. The van der Waals surface area contributed by atoms with Crippen LogP contribution in [0.1, 0.15) is 17.9 Å². The Morgan fingerprint density at radius 3 is 2.91 bits per heavy atom. The number of alkyl halides is 2. The molecule has 0 bridgehead atoms. The highest BCUT2D eigenvalue weighted by Crippen LogP contribution is 2.18. The lowest BCUT2D eigenvalue weighted by molar-refractivity contribution is 0.112. The highest BCUT2D eigenvalue weighted by Gasteiger charge is 2.12. The van der Waals surface area contributed by atoms with Crippen molar-refractivity contribution in [3.05, 3.63) is 17.5 Å². The van der Waals surface area contributed by atoms with E-state index in [1.807, 2.05) is 0 Å². The molecule has 0 spiro atoms. The molecule has 0 aliphatic rings. The lowest BCUT2D eigenvalue weighted by Crippen LogP contribution is -1.78. The van der Waals surface area contributed by atoms with Gasteiger partial charge in [-0.3, -0.25) is 0 Å². The van der Waals surface area contributed by atoms with Crippen molar-refractivity contribution >= 4 is 0 Å². The first-order valence-electron chi connectivity index (χ1n) is 2.91. The van der Waals surface area contributed by atoms with Crippen LogP contribution in [0.4, 0.5) is 8.78 Å². The topological polar surface area (TPSA) is 26.0 Å². The van der Waals surface area contributed by atoms with E-state index in [0.717, 1.165) is 6.07 Å². The average Bonchev–Trinajstić information content (AvgIpc) is 2.37. The lowest BCUT2D eigenvalue weighted by atomic mass is 10.3. The minimum absolute atomic E-state index is 0.218. The quantitative estimate of drug-likeness (QED) is 0.611. The van der Waals surface area contributed by atoms with Crippen LogP contribution < -0.4 is 0 Å². The molecule has 0 fully saturated rings. The Balaban J connectivity index is 2.75. The largest absolute Gasteiger partial charge is 0.355 e. The predicted octanol–water partition coefficient (Wildman–Crippen LogP) is 1.79. The molecule has 0 amide bonds. The van der Waals surface area contributed by atoms with Gasteiger partial charge in [-0.25, -0.2) is 8.78 Å². The van der Waals surface area contributed by atoms with Crippen molar-refractivity contribution < 1.29 is 13.3 Å². The predicted molar refractivity (Wildman–Crippen MR) is 34.0 cm³/mol. The summed E-state index contributed by atoms with van der Waals surface area (Å²) in [6.07, 6.45) is 2.53. The van der Waals surface area contributed by atoms with Crippen LogP contribution in [0.25, 0.3) is 0 Å². The molecule has 58 valence electrons. The highest BCUT2D eigenvalue weighted by atomic mass is 19.3. The number of aromatic nitrogens is 1. The Hall–Kier alpha value is -1.37. The molecule has 11 heavy (non-hydrogen) atoms. The van der Waals surface area contributed by atoms with Crippen molar-refractivity contribution in [2.45, 2.75) is 12.8 Å². The maximum absolute atomic E-state index is 11.8. The number of terminal acetylenes is 1. The summed E-state index contributed by atoms with van der Waals surface area (Å²) in [5, 5.41) is 3.33. The Morgan fingerprint density at radius 1 is 1.73 bits per heavy atom. The summed E-state index contributed by atoms with van der Waals surface area (Å²) in [6.45, 7) is 0. The van der Waals surface area contributed by atoms with E-state index in [0.29, 0.717) is 5.69 Å². The fraction of sp³-hybridized carbons (Fsp3) is 0.286. The van der Waals surface area contributed by atoms with Gasteiger partial charge in [0.05, 0.1) is 12.1 Å². The Labute approximate surface area is 62.2 Å². The summed E-state index contributed by atoms with van der Waals surface area (Å²) in [5.41, 5.74) is 0.364. The molecular weight excluding hydrogens is 152 g/mol. The minimum Gasteiger partial charge on any atom is -0.355 e. The van der Waals surface area contributed by atoms with Crippen LogP contribution in [-0.2, 0) is 6.42 Å². The number of rotatable bonds is 2. The number of hydrogen-bond donors (Lipinski definition) is 0. The van der Waals surface area contributed by atoms with E-state index in [2.05, 4.69) is 15.6 Å². The van der Waals surface area contributed by atoms with Crippen LogP contribution in [0.3, 0.4) is 0 Å². The molecule has 1 aromatic rings. The fourth-order valence-electron chi connectivity index (χ4n) is 0.619. The summed E-state index contributed by atoms with van der Waals surface area (Å²) in [5.74, 6) is 1.83. The van der Waals surface area contributed by atoms with Gasteiger partial charge in [0.2, 0.25) is 5.76 Å². The Morgan fingerprint density at radius 2 is 2.45 bits per heavy atom. The monoisotopic (exact) mass is 157 g/mol. The zero-order valence-corrected chi connectivity index (χ0v) is 5.55. The molecule has 0 aliphatic heterocycles. The average molecular weight is 157 g/mol. The van der Waals surface area contributed by atoms with Gasteiger partial charge >= 0.3 is 0 Å². The van der Waals surface area contributed by atoms with E-state index < -0.39 is 12.2 Å². The summed E-state index contributed by atoms with van der Waals surface area (Å²) >= 11 is 0. The van der Waals surface area contributed by atoms with Gasteiger partial charge in [0.1, 0.15) is 0 Å². The summed E-state index contributed by atoms with van der Waals surface area (Å²) in [6, 6.07) is 1.16. The van der Waals surface area contributed by atoms with Crippen molar-refractivity contribution in [3.8, 4) is 12.3 Å². The molecule has 0 aromatic carbocycles. The molecule has 0 saturated heterocycles. The second-order valence-electron chi connectivity index (χ2n) is 1.90. The molecule has 0 radical (unpaired) electrons. The second kappa shape index (κ2) is 3.15. The summed E-state index contributed by atoms with van der Waals surface area (Å²) in [7, 11) is 0. The Bertz CT molecular complexity index is 274. The Kier molecular flexibility index (Phi) is 2.21. The third kappa shape index (κ3) is 1.77. The molecule has 0 atom stereocenters. The van der Waals surface area contributed by atoms with Crippen LogP contribution in [0.5, 0.6) is 0 Å². The van der Waals surface area contributed by atoms with Crippen molar-refractivity contribution in [3.63, 3.8) is 0 Å². The van der Waals surface area contributed by atoms with Crippen LogP contribution in [0.15, 0.2) is 10.6 Å². The van der Waals surface area contributed by atoms with Gasteiger partial charge in [-0.1, -0.05) is 5.16 Å². The van der Waals surface area contributed by atoms with Crippen molar-refractivity contribution in [1.82, 2.24) is 5.16 Å². The molecule has 4 heteroatoms. The van der Waals surface area contributed by atoms with Gasteiger partial charge < -0.3 is 4.52 Å². The first-order chi connectivity index (χ1) is 5.24. The van der Waals surface area contributed by atoms with E-state index in [1.54, 1.807) is 0 Å². The summed E-state index contributed by atoms with van der Waals surface area (Å²) < 4.78 is 28.0. The maximum Gasteiger partial charge on any atom is 0.298 e. The van der Waals surface area contributed by atoms with Gasteiger partial charge in [0.25, 0.3) is 6.43 Å². The van der Waals surface area contributed by atoms with Crippen LogP contribution >= 0.6 is 0 Å². The SMILES string of the molecule is C#CCc1cc(C(F)F)on1. The third-order valence-electron chi connectivity index (χ3n) is 1.08. The van der Waals surface area contributed by atoms with E-state index in [9.17, 15) is 8.78 Å². The molecule has 1 rings (SSSR count). The van der Waals surface area contributed by atoms with E-state index >= 15 is 0 Å². The number of hydrogen-bond acceptors (Lipinski definition) is 2. The van der Waals surface area contributed by atoms with Crippen LogP contribution in [0, 0.1) is 12.3 Å². The van der Waals surface area contributed by atoms with Gasteiger partial charge in [0.15, 0.2) is 0 Å². The molecule has 0 unspecified atom stereocenters. The standard InChI is InChI=1S/C7H5F2NO/c1-2-3-5-4-6(7(8)9)11-10-5/h1,4,7H,3H2. The molecule has 0 N–H and O–H groups in total. The smallest absolute Gasteiger partial charge is 0.298 e. The first-order valence-corrected chi connectivity index (χ1v) is 2.91. The van der Waals surface area contributed by atoms with Gasteiger partial charge in [-0.15, -0.1) is 12.3 Å². The third-order valence-corrected chi connectivity index (χ3v) is 1.08. The zero-order valence-electron chi connectivity index (χ0n) is 5.55. The second-order valence-corrected chi connectivity index (χ2v) is 1.90. The fourth-order valence-corrected chi connectivity index (χ4v) is 0.619. The van der Waals surface area contributed by atoms with Crippen LogP contribution in [-0.4, -0.2) is 5.16 Å². The molecule has 0 saturated carbocycles. The first kappa shape index (κ1) is 7.73. The van der Waals surface area contributed by atoms with Crippen molar-refractivity contribution in [1.29, 1.82) is 0 Å². The van der Waals surface area contributed by atoms with E-state index in [4.69, 9.17) is 6.42 Å². The van der Waals surface area contributed by atoms with Gasteiger partial charge in [-0.05, 0) is 0 Å². The zero-order chi connectivity index (χ0) is 8.27. The number of nitrogens with zero attached hydrogens (tertiary/aromatic N) is 1.